The maximum Gasteiger partial charge on any atom is 0.373 e. The van der Waals surface area contributed by atoms with Gasteiger partial charge in [0, 0.05) is 0 Å². The van der Waals surface area contributed by atoms with Crippen LogP contribution in [-0.4, -0.2) is 74.7 Å². The summed E-state index contributed by atoms with van der Waals surface area (Å²) in [6.45, 7) is -0.379. The number of aliphatic hydroxyl groups excluding tert-OH is 1. The highest BCUT2D eigenvalue weighted by atomic mass is 35.5. The van der Waals surface area contributed by atoms with Crippen LogP contribution < -0.4 is 0 Å². The van der Waals surface area contributed by atoms with Crippen LogP contribution >= 0.6 is 11.6 Å². The number of fused-ring (bicyclic) bond motifs is 1. The van der Waals surface area contributed by atoms with E-state index < -0.39 is 39.8 Å². The SMILES string of the molecule is C#C[C@@]1(O)[C@@H](COCS(=O)(=O)c2ccccc2)O[C@@H](n2cnc3c(CC4CCCC4)nc(Cl)nc32)[C@@H]1O.O=C=O. The number of ether oxygens (including phenoxy) is 2. The number of hydrogen-bond acceptors (Lipinski definition) is 11. The van der Waals surface area contributed by atoms with Gasteiger partial charge in [0.1, 0.15) is 17.7 Å². The van der Waals surface area contributed by atoms with Crippen molar-refractivity contribution in [3.8, 4) is 12.3 Å². The third-order valence-electron chi connectivity index (χ3n) is 7.05. The fourth-order valence-corrected chi connectivity index (χ4v) is 6.25. The Hall–Kier alpha value is -3.21. The van der Waals surface area contributed by atoms with Gasteiger partial charge in [0.25, 0.3) is 0 Å². The molecular formula is C26H27ClN4O8S. The summed E-state index contributed by atoms with van der Waals surface area (Å²) in [6, 6.07) is 7.84. The van der Waals surface area contributed by atoms with E-state index in [1.165, 1.54) is 35.9 Å². The van der Waals surface area contributed by atoms with Gasteiger partial charge in [-0.2, -0.15) is 14.6 Å². The van der Waals surface area contributed by atoms with E-state index in [2.05, 4.69) is 20.9 Å². The summed E-state index contributed by atoms with van der Waals surface area (Å²) in [6.07, 6.45) is 8.60. The third-order valence-corrected chi connectivity index (χ3v) is 8.69. The average Bonchev–Trinajstić information content (AvgIpc) is 3.65. The number of nitrogens with zero attached hydrogens (tertiary/aromatic N) is 4. The minimum Gasteiger partial charge on any atom is -0.384 e. The lowest BCUT2D eigenvalue weighted by Crippen LogP contribution is -2.48. The number of aromatic nitrogens is 4. The highest BCUT2D eigenvalue weighted by molar-refractivity contribution is 7.91. The monoisotopic (exact) mass is 590 g/mol. The van der Waals surface area contributed by atoms with Gasteiger partial charge in [-0.25, -0.2) is 18.4 Å². The van der Waals surface area contributed by atoms with Gasteiger partial charge in [0.2, 0.25) is 15.1 Å². The maximum absolute atomic E-state index is 12.5. The Labute approximate surface area is 235 Å². The first-order chi connectivity index (χ1) is 19.1. The van der Waals surface area contributed by atoms with Gasteiger partial charge < -0.3 is 19.7 Å². The van der Waals surface area contributed by atoms with Gasteiger partial charge >= 0.3 is 6.15 Å². The lowest BCUT2D eigenvalue weighted by Gasteiger charge is -2.25. The molecule has 3 aromatic rings. The predicted molar refractivity (Wildman–Crippen MR) is 139 cm³/mol. The molecule has 4 atom stereocenters. The summed E-state index contributed by atoms with van der Waals surface area (Å²) in [7, 11) is -3.74. The molecule has 212 valence electrons. The number of rotatable bonds is 8. The molecule has 1 aromatic carbocycles. The number of hydrogen-bond donors (Lipinski definition) is 2. The van der Waals surface area contributed by atoms with Crippen LogP contribution in [0.5, 0.6) is 0 Å². The van der Waals surface area contributed by atoms with Crippen molar-refractivity contribution in [1.82, 2.24) is 19.5 Å². The van der Waals surface area contributed by atoms with Crippen LogP contribution in [-0.2, 0) is 35.3 Å². The summed E-state index contributed by atoms with van der Waals surface area (Å²) in [5, 5.41) is 22.1. The molecular weight excluding hydrogens is 564 g/mol. The van der Waals surface area contributed by atoms with Crippen LogP contribution in [0.15, 0.2) is 41.6 Å². The number of imidazole rings is 1. The van der Waals surface area contributed by atoms with Gasteiger partial charge in [0.05, 0.1) is 23.5 Å². The summed E-state index contributed by atoms with van der Waals surface area (Å²) < 4.78 is 37.8. The number of sulfone groups is 1. The smallest absolute Gasteiger partial charge is 0.373 e. The number of terminal acetylenes is 1. The van der Waals surface area contributed by atoms with Crippen molar-refractivity contribution in [3.63, 3.8) is 0 Å². The molecule has 2 fully saturated rings. The first-order valence-electron chi connectivity index (χ1n) is 12.4. The molecule has 3 heterocycles. The largest absolute Gasteiger partial charge is 0.384 e. The van der Waals surface area contributed by atoms with Gasteiger partial charge in [0.15, 0.2) is 23.4 Å². The Morgan fingerprint density at radius 3 is 2.52 bits per heavy atom. The maximum atomic E-state index is 12.5. The van der Waals surface area contributed by atoms with E-state index >= 15 is 0 Å². The molecule has 0 radical (unpaired) electrons. The molecule has 2 N–H and O–H groups in total. The first-order valence-corrected chi connectivity index (χ1v) is 14.4. The Morgan fingerprint density at radius 1 is 1.20 bits per heavy atom. The summed E-state index contributed by atoms with van der Waals surface area (Å²) in [4.78, 5) is 29.5. The number of benzene rings is 1. The number of carbonyl (C=O) groups excluding carboxylic acids is 2. The molecule has 5 rings (SSSR count). The van der Waals surface area contributed by atoms with Crippen molar-refractivity contribution in [3.05, 3.63) is 47.6 Å². The molecule has 1 aliphatic heterocycles. The number of halogens is 1. The van der Waals surface area contributed by atoms with E-state index in [1.807, 2.05) is 0 Å². The van der Waals surface area contributed by atoms with Crippen LogP contribution in [0.2, 0.25) is 5.28 Å². The zero-order valence-electron chi connectivity index (χ0n) is 21.2. The Bertz CT molecular complexity index is 1510. The van der Waals surface area contributed by atoms with Crippen LogP contribution in [0, 0.1) is 18.3 Å². The lowest BCUT2D eigenvalue weighted by atomic mass is 9.93. The van der Waals surface area contributed by atoms with Crippen molar-refractivity contribution in [2.45, 2.75) is 61.0 Å². The van der Waals surface area contributed by atoms with E-state index in [4.69, 9.17) is 37.1 Å². The van der Waals surface area contributed by atoms with Gasteiger partial charge in [-0.1, -0.05) is 49.8 Å². The fraction of sp³-hybridized carbons (Fsp3) is 0.462. The van der Waals surface area contributed by atoms with E-state index in [0.717, 1.165) is 12.8 Å². The zero-order chi connectivity index (χ0) is 28.9. The van der Waals surface area contributed by atoms with Crippen molar-refractivity contribution >= 4 is 38.8 Å². The van der Waals surface area contributed by atoms with E-state index in [9.17, 15) is 18.6 Å². The normalized spacial score (nSPS) is 24.8. The lowest BCUT2D eigenvalue weighted by molar-refractivity contribution is -0.191. The molecule has 0 bridgehead atoms. The third kappa shape index (κ3) is 6.09. The molecule has 40 heavy (non-hydrogen) atoms. The van der Waals surface area contributed by atoms with Crippen molar-refractivity contribution < 1.29 is 37.7 Å². The molecule has 14 heteroatoms. The molecule has 2 aliphatic rings. The first kappa shape index (κ1) is 29.8. The predicted octanol–water partition coefficient (Wildman–Crippen LogP) is 1.70. The highest BCUT2D eigenvalue weighted by Crippen LogP contribution is 2.39. The topological polar surface area (TPSA) is 171 Å². The standard InChI is InChI=1S/C25H27ClN4O6S.CO2/c1-2-25(32)19(13-35-15-37(33,34)17-10-4-3-5-11-17)36-23(21(25)31)30-14-27-20-18(12-16-8-6-7-9-16)28-24(26)29-22(20)30;2-1-3/h1,3-5,10-11,14,16,19,21,23,31-32H,6-9,12-13,15H2;/t19-,21+,23-,25-;/m1./s1. The van der Waals surface area contributed by atoms with Gasteiger partial charge in [-0.05, 0) is 36.1 Å². The van der Waals surface area contributed by atoms with Gasteiger partial charge in [-0.15, -0.1) is 6.42 Å². The van der Waals surface area contributed by atoms with Crippen LogP contribution in [0.1, 0.15) is 37.6 Å². The molecule has 1 saturated heterocycles. The van der Waals surface area contributed by atoms with Gasteiger partial charge in [-0.3, -0.25) is 4.57 Å². The summed E-state index contributed by atoms with van der Waals surface area (Å²) >= 11 is 6.23. The summed E-state index contributed by atoms with van der Waals surface area (Å²) in [5.41, 5.74) is -0.567. The minimum atomic E-state index is -3.74. The molecule has 1 saturated carbocycles. The van der Waals surface area contributed by atoms with Crippen LogP contribution in [0.25, 0.3) is 11.2 Å². The van der Waals surface area contributed by atoms with Crippen LogP contribution in [0.4, 0.5) is 0 Å². The molecule has 0 spiro atoms. The minimum absolute atomic E-state index is 0.0351. The van der Waals surface area contributed by atoms with E-state index in [1.54, 1.807) is 18.2 Å². The molecule has 1 aliphatic carbocycles. The Kier molecular flexibility index (Phi) is 9.33. The van der Waals surface area contributed by atoms with E-state index in [-0.39, 0.29) is 22.9 Å². The quantitative estimate of drug-likeness (QED) is 0.289. The second-order valence-corrected chi connectivity index (χ2v) is 11.8. The second kappa shape index (κ2) is 12.5. The Balaban J connectivity index is 0.00000118. The average molecular weight is 591 g/mol. The number of aliphatic hydroxyl groups is 2. The molecule has 2 aromatic heterocycles. The second-order valence-electron chi connectivity index (χ2n) is 9.55. The zero-order valence-corrected chi connectivity index (χ0v) is 22.8. The summed E-state index contributed by atoms with van der Waals surface area (Å²) in [5.74, 6) is 2.03. The van der Waals surface area contributed by atoms with E-state index in [0.29, 0.717) is 29.2 Å². The van der Waals surface area contributed by atoms with Crippen molar-refractivity contribution in [2.75, 3.05) is 12.5 Å². The van der Waals surface area contributed by atoms with Crippen molar-refractivity contribution in [2.24, 2.45) is 5.92 Å². The molecule has 0 amide bonds. The molecule has 12 nitrogen and oxygen atoms in total. The molecule has 0 unspecified atom stereocenters. The van der Waals surface area contributed by atoms with Crippen LogP contribution in [0.3, 0.4) is 0 Å². The highest BCUT2D eigenvalue weighted by Gasteiger charge is 2.55. The van der Waals surface area contributed by atoms with Crippen molar-refractivity contribution in [1.29, 1.82) is 0 Å². The Morgan fingerprint density at radius 2 is 1.88 bits per heavy atom. The fourth-order valence-electron chi connectivity index (χ4n) is 5.04.